The van der Waals surface area contributed by atoms with Gasteiger partial charge in [0.1, 0.15) is 17.3 Å². The first-order valence-corrected chi connectivity index (χ1v) is 10.7. The maximum atomic E-state index is 12.9. The van der Waals surface area contributed by atoms with E-state index < -0.39 is 0 Å². The van der Waals surface area contributed by atoms with Gasteiger partial charge in [0.25, 0.3) is 5.91 Å². The van der Waals surface area contributed by atoms with Crippen LogP contribution in [0.5, 0.6) is 0 Å². The number of nitrogens with one attached hydrogen (secondary N) is 1. The average molecular weight is 398 g/mol. The molecule has 29 heavy (non-hydrogen) atoms. The lowest BCUT2D eigenvalue weighted by molar-refractivity contribution is 0.0739. The molecule has 8 nitrogen and oxygen atoms in total. The van der Waals surface area contributed by atoms with Crippen molar-refractivity contribution >= 4 is 11.7 Å². The maximum Gasteiger partial charge on any atom is 0.274 e. The van der Waals surface area contributed by atoms with Gasteiger partial charge >= 0.3 is 0 Å². The van der Waals surface area contributed by atoms with Crippen molar-refractivity contribution in [2.24, 2.45) is 0 Å². The van der Waals surface area contributed by atoms with Gasteiger partial charge in [0.15, 0.2) is 0 Å². The summed E-state index contributed by atoms with van der Waals surface area (Å²) in [6.07, 6.45) is 4.20. The maximum absolute atomic E-state index is 12.9. The Morgan fingerprint density at radius 3 is 2.69 bits per heavy atom. The molecule has 1 N–H and O–H groups in total. The molecule has 2 aliphatic rings. The molecule has 2 aromatic heterocycles. The normalized spacial score (nSPS) is 20.3. The Balaban J connectivity index is 1.38. The number of nitrogens with zero attached hydrogens (tertiary/aromatic N) is 6. The van der Waals surface area contributed by atoms with Gasteiger partial charge in [0.05, 0.1) is 6.04 Å². The molecule has 2 aromatic rings. The quantitative estimate of drug-likeness (QED) is 0.850. The Bertz CT molecular complexity index is 848. The Morgan fingerprint density at radius 2 is 2.00 bits per heavy atom. The number of hydrogen-bond acceptors (Lipinski definition) is 6. The highest BCUT2D eigenvalue weighted by Crippen LogP contribution is 2.20. The number of aromatic nitrogens is 4. The molecule has 0 saturated carbocycles. The summed E-state index contributed by atoms with van der Waals surface area (Å²) in [7, 11) is 0. The highest BCUT2D eigenvalue weighted by molar-refractivity contribution is 5.92. The van der Waals surface area contributed by atoms with E-state index in [2.05, 4.69) is 34.1 Å². The molecule has 0 spiro atoms. The van der Waals surface area contributed by atoms with E-state index in [0.29, 0.717) is 30.7 Å². The summed E-state index contributed by atoms with van der Waals surface area (Å²) in [4.78, 5) is 26.3. The molecule has 4 rings (SSSR count). The zero-order valence-corrected chi connectivity index (χ0v) is 17.6. The SMILES string of the molecule is Cc1cc(N2CCN(C(=O)c3ccn(C4CCCNC4)n3)CC2)nc(C(C)C)n1. The molecule has 156 valence electrons. The predicted octanol–water partition coefficient (Wildman–Crippen LogP) is 1.99. The molecule has 1 unspecified atom stereocenters. The van der Waals surface area contributed by atoms with Gasteiger partial charge in [-0.15, -0.1) is 0 Å². The van der Waals surface area contributed by atoms with Crippen molar-refractivity contribution in [3.63, 3.8) is 0 Å². The third-order valence-electron chi connectivity index (χ3n) is 5.74. The summed E-state index contributed by atoms with van der Waals surface area (Å²) in [5.41, 5.74) is 1.53. The topological polar surface area (TPSA) is 79.2 Å². The standard InChI is InChI=1S/C21H31N7O/c1-15(2)20-23-16(3)13-19(24-20)26-9-11-27(12-10-26)21(29)18-6-8-28(25-18)17-5-4-7-22-14-17/h6,8,13,15,17,22H,4-5,7,9-12,14H2,1-3H3. The first-order chi connectivity index (χ1) is 14.0. The highest BCUT2D eigenvalue weighted by atomic mass is 16.2. The van der Waals surface area contributed by atoms with Crippen LogP contribution >= 0.6 is 0 Å². The molecule has 8 heteroatoms. The molecule has 0 radical (unpaired) electrons. The van der Waals surface area contributed by atoms with Gasteiger partial charge in [-0.25, -0.2) is 9.97 Å². The summed E-state index contributed by atoms with van der Waals surface area (Å²) < 4.78 is 1.95. The van der Waals surface area contributed by atoms with Crippen molar-refractivity contribution in [2.75, 3.05) is 44.2 Å². The van der Waals surface area contributed by atoms with Crippen molar-refractivity contribution in [2.45, 2.75) is 45.6 Å². The van der Waals surface area contributed by atoms with Crippen LogP contribution in [0.3, 0.4) is 0 Å². The second-order valence-corrected chi connectivity index (χ2v) is 8.34. The van der Waals surface area contributed by atoms with Crippen LogP contribution in [-0.4, -0.2) is 69.8 Å². The van der Waals surface area contributed by atoms with E-state index in [-0.39, 0.29) is 5.91 Å². The van der Waals surface area contributed by atoms with E-state index in [1.54, 1.807) is 0 Å². The molecule has 2 fully saturated rings. The lowest BCUT2D eigenvalue weighted by atomic mass is 10.1. The van der Waals surface area contributed by atoms with E-state index in [1.165, 1.54) is 0 Å². The fraction of sp³-hybridized carbons (Fsp3) is 0.619. The number of hydrogen-bond donors (Lipinski definition) is 1. The van der Waals surface area contributed by atoms with Crippen LogP contribution in [0.25, 0.3) is 0 Å². The van der Waals surface area contributed by atoms with Crippen LogP contribution in [0.1, 0.15) is 60.7 Å². The van der Waals surface area contributed by atoms with E-state index in [4.69, 9.17) is 4.98 Å². The largest absolute Gasteiger partial charge is 0.353 e. The predicted molar refractivity (Wildman–Crippen MR) is 112 cm³/mol. The van der Waals surface area contributed by atoms with Crippen molar-refractivity contribution < 1.29 is 4.79 Å². The van der Waals surface area contributed by atoms with Gasteiger partial charge in [0, 0.05) is 56.6 Å². The van der Waals surface area contributed by atoms with Crippen molar-refractivity contribution in [3.8, 4) is 0 Å². The van der Waals surface area contributed by atoms with Crippen LogP contribution in [0, 0.1) is 6.92 Å². The molecule has 2 saturated heterocycles. The summed E-state index contributed by atoms with van der Waals surface area (Å²) in [6, 6.07) is 4.23. The van der Waals surface area contributed by atoms with E-state index >= 15 is 0 Å². The van der Waals surface area contributed by atoms with Crippen LogP contribution in [0.2, 0.25) is 0 Å². The first kappa shape index (κ1) is 19.8. The van der Waals surface area contributed by atoms with Crippen molar-refractivity contribution in [1.29, 1.82) is 0 Å². The molecule has 0 bridgehead atoms. The summed E-state index contributed by atoms with van der Waals surface area (Å²) in [5, 5.41) is 7.98. The monoisotopic (exact) mass is 397 g/mol. The summed E-state index contributed by atoms with van der Waals surface area (Å²) in [6.45, 7) is 11.1. The van der Waals surface area contributed by atoms with Crippen LogP contribution < -0.4 is 10.2 Å². The van der Waals surface area contributed by atoms with E-state index in [1.807, 2.05) is 34.8 Å². The molecule has 4 heterocycles. The van der Waals surface area contributed by atoms with Crippen LogP contribution in [0.4, 0.5) is 5.82 Å². The zero-order valence-electron chi connectivity index (χ0n) is 17.6. The molecular formula is C21H31N7O. The average Bonchev–Trinajstić information content (AvgIpc) is 3.24. The Hall–Kier alpha value is -2.48. The Morgan fingerprint density at radius 1 is 1.21 bits per heavy atom. The number of piperazine rings is 1. The third kappa shape index (κ3) is 4.42. The van der Waals surface area contributed by atoms with Crippen LogP contribution in [0.15, 0.2) is 18.3 Å². The molecule has 0 aromatic carbocycles. The lowest BCUT2D eigenvalue weighted by Gasteiger charge is -2.35. The minimum absolute atomic E-state index is 0.0221. The van der Waals surface area contributed by atoms with Gasteiger partial charge in [-0.05, 0) is 32.4 Å². The van der Waals surface area contributed by atoms with Crippen molar-refractivity contribution in [3.05, 3.63) is 35.5 Å². The fourth-order valence-electron chi connectivity index (χ4n) is 4.01. The molecule has 1 amide bonds. The minimum atomic E-state index is 0.0221. The minimum Gasteiger partial charge on any atom is -0.353 e. The second-order valence-electron chi connectivity index (χ2n) is 8.34. The second kappa shape index (κ2) is 8.49. The third-order valence-corrected chi connectivity index (χ3v) is 5.74. The number of carbonyl (C=O) groups excluding carboxylic acids is 1. The van der Waals surface area contributed by atoms with E-state index in [0.717, 1.165) is 56.4 Å². The van der Waals surface area contributed by atoms with Crippen LogP contribution in [-0.2, 0) is 0 Å². The lowest BCUT2D eigenvalue weighted by Crippen LogP contribution is -2.49. The Labute approximate surface area is 172 Å². The highest BCUT2D eigenvalue weighted by Gasteiger charge is 2.26. The smallest absolute Gasteiger partial charge is 0.274 e. The number of amides is 1. The summed E-state index contributed by atoms with van der Waals surface area (Å²) in [5.74, 6) is 2.16. The van der Waals surface area contributed by atoms with Gasteiger partial charge in [0.2, 0.25) is 0 Å². The molecule has 2 aliphatic heterocycles. The molecule has 1 atom stereocenters. The fourth-order valence-corrected chi connectivity index (χ4v) is 4.01. The molecule has 0 aliphatic carbocycles. The van der Waals surface area contributed by atoms with E-state index in [9.17, 15) is 4.79 Å². The van der Waals surface area contributed by atoms with Crippen molar-refractivity contribution in [1.82, 2.24) is 30.0 Å². The van der Waals surface area contributed by atoms with Gasteiger partial charge in [-0.2, -0.15) is 5.10 Å². The summed E-state index contributed by atoms with van der Waals surface area (Å²) >= 11 is 0. The number of anilines is 1. The van der Waals surface area contributed by atoms with Gasteiger partial charge in [-0.1, -0.05) is 13.8 Å². The van der Waals surface area contributed by atoms with Gasteiger partial charge < -0.3 is 15.1 Å². The number of piperidine rings is 1. The number of aryl methyl sites for hydroxylation is 1. The number of rotatable bonds is 4. The Kier molecular flexibility index (Phi) is 5.80. The van der Waals surface area contributed by atoms with Gasteiger partial charge in [-0.3, -0.25) is 9.48 Å². The molecular weight excluding hydrogens is 366 g/mol. The zero-order chi connectivity index (χ0) is 20.4. The number of carbonyl (C=O) groups is 1. The first-order valence-electron chi connectivity index (χ1n) is 10.7.